The fraction of sp³-hybridized carbons (Fsp3) is 0.714. The first-order valence-corrected chi connectivity index (χ1v) is 9.72. The van der Waals surface area contributed by atoms with Crippen LogP contribution in [0.2, 0.25) is 0 Å². The molecule has 7 nitrogen and oxygen atoms in total. The van der Waals surface area contributed by atoms with Crippen molar-refractivity contribution in [2.24, 2.45) is 16.7 Å². The number of ether oxygens (including phenoxy) is 1. The fourth-order valence-corrected chi connectivity index (χ4v) is 4.60. The van der Waals surface area contributed by atoms with Crippen LogP contribution in [0, 0.1) is 16.7 Å². The molecule has 4 N–H and O–H groups in total. The predicted octanol–water partition coefficient (Wildman–Crippen LogP) is 0.994. The Kier molecular flexibility index (Phi) is 5.34. The number of ketones is 2. The molecule has 3 aliphatic rings. The van der Waals surface area contributed by atoms with Crippen molar-refractivity contribution in [3.63, 3.8) is 0 Å². The largest absolute Gasteiger partial charge is 0.465 e. The van der Waals surface area contributed by atoms with Crippen LogP contribution in [0.3, 0.4) is 0 Å². The molecule has 0 radical (unpaired) electrons. The molecule has 7 heteroatoms. The van der Waals surface area contributed by atoms with Crippen LogP contribution in [-0.4, -0.2) is 56.9 Å². The van der Waals surface area contributed by atoms with Gasteiger partial charge < -0.3 is 25.2 Å². The number of Topliss-reactive ketones (excluding diaryl/α,β-unsaturated/α-hetero) is 2. The predicted molar refractivity (Wildman–Crippen MR) is 99.8 cm³/mol. The molecule has 0 aromatic rings. The molecular formula is C21H30O7. The van der Waals surface area contributed by atoms with Crippen LogP contribution in [0.25, 0.3) is 0 Å². The SMILES string of the molecule is CC1(C)CC(=O)C2=C(C1)OC1=C(C(=O)CC(C)(C)C1)C2[C@H](O)[C@H](O)[C@H](O)CO. The van der Waals surface area contributed by atoms with Gasteiger partial charge in [0.05, 0.1) is 18.6 Å². The van der Waals surface area contributed by atoms with Crippen LogP contribution in [0.5, 0.6) is 0 Å². The number of carbonyl (C=O) groups is 2. The monoisotopic (exact) mass is 394 g/mol. The van der Waals surface area contributed by atoms with Gasteiger partial charge in [0.15, 0.2) is 11.6 Å². The topological polar surface area (TPSA) is 124 Å². The number of rotatable bonds is 4. The summed E-state index contributed by atoms with van der Waals surface area (Å²) < 4.78 is 6.07. The van der Waals surface area contributed by atoms with Crippen molar-refractivity contribution < 1.29 is 34.8 Å². The second kappa shape index (κ2) is 7.06. The zero-order valence-corrected chi connectivity index (χ0v) is 16.9. The molecule has 0 unspecified atom stereocenters. The number of aliphatic hydroxyl groups is 4. The summed E-state index contributed by atoms with van der Waals surface area (Å²) in [4.78, 5) is 25.9. The Labute approximate surface area is 164 Å². The van der Waals surface area contributed by atoms with Gasteiger partial charge in [-0.3, -0.25) is 9.59 Å². The molecule has 1 heterocycles. The van der Waals surface area contributed by atoms with Gasteiger partial charge in [-0.15, -0.1) is 0 Å². The highest BCUT2D eigenvalue weighted by Crippen LogP contribution is 2.51. The smallest absolute Gasteiger partial charge is 0.163 e. The summed E-state index contributed by atoms with van der Waals surface area (Å²) in [5, 5.41) is 40.2. The maximum Gasteiger partial charge on any atom is 0.163 e. The Hall–Kier alpha value is -1.54. The molecule has 0 amide bonds. The molecule has 0 aromatic carbocycles. The molecule has 3 atom stereocenters. The molecule has 0 aromatic heterocycles. The highest BCUT2D eigenvalue weighted by molar-refractivity contribution is 6.04. The summed E-state index contributed by atoms with van der Waals surface area (Å²) in [6.07, 6.45) is -3.49. The summed E-state index contributed by atoms with van der Waals surface area (Å²) in [6, 6.07) is 0. The zero-order chi connectivity index (χ0) is 21.0. The first-order valence-electron chi connectivity index (χ1n) is 9.72. The van der Waals surface area contributed by atoms with Gasteiger partial charge in [-0.1, -0.05) is 27.7 Å². The number of aliphatic hydroxyl groups excluding tert-OH is 4. The van der Waals surface area contributed by atoms with Crippen LogP contribution in [0.15, 0.2) is 22.7 Å². The van der Waals surface area contributed by atoms with E-state index in [9.17, 15) is 24.9 Å². The number of hydrogen-bond acceptors (Lipinski definition) is 7. The van der Waals surface area contributed by atoms with E-state index < -0.39 is 30.8 Å². The number of allylic oxidation sites excluding steroid dienone is 2. The Balaban J connectivity index is 2.12. The van der Waals surface area contributed by atoms with Gasteiger partial charge in [0.25, 0.3) is 0 Å². The highest BCUT2D eigenvalue weighted by Gasteiger charge is 2.51. The van der Waals surface area contributed by atoms with Gasteiger partial charge in [-0.05, 0) is 10.8 Å². The Morgan fingerprint density at radius 3 is 1.71 bits per heavy atom. The lowest BCUT2D eigenvalue weighted by molar-refractivity contribution is -0.125. The Morgan fingerprint density at radius 1 is 0.893 bits per heavy atom. The summed E-state index contributed by atoms with van der Waals surface area (Å²) >= 11 is 0. The number of carbonyl (C=O) groups excluding carboxylic acids is 2. The van der Waals surface area contributed by atoms with Crippen LogP contribution in [0.1, 0.15) is 53.4 Å². The third-order valence-corrected chi connectivity index (χ3v) is 5.90. The van der Waals surface area contributed by atoms with Crippen molar-refractivity contribution in [1.29, 1.82) is 0 Å². The highest BCUT2D eigenvalue weighted by atomic mass is 16.5. The van der Waals surface area contributed by atoms with Crippen LogP contribution in [-0.2, 0) is 14.3 Å². The minimum Gasteiger partial charge on any atom is -0.465 e. The van der Waals surface area contributed by atoms with E-state index in [-0.39, 0.29) is 46.4 Å². The summed E-state index contributed by atoms with van der Waals surface area (Å²) in [5.41, 5.74) is -0.215. The van der Waals surface area contributed by atoms with Crippen LogP contribution < -0.4 is 0 Å². The lowest BCUT2D eigenvalue weighted by atomic mass is 9.65. The van der Waals surface area contributed by atoms with Gasteiger partial charge >= 0.3 is 0 Å². The summed E-state index contributed by atoms with van der Waals surface area (Å²) in [6.45, 7) is 7.06. The van der Waals surface area contributed by atoms with Crippen molar-refractivity contribution in [3.05, 3.63) is 22.7 Å². The van der Waals surface area contributed by atoms with Crippen molar-refractivity contribution in [2.45, 2.75) is 71.7 Å². The lowest BCUT2D eigenvalue weighted by Gasteiger charge is -2.44. The quantitative estimate of drug-likeness (QED) is 0.560. The van der Waals surface area contributed by atoms with Crippen LogP contribution in [0.4, 0.5) is 0 Å². The van der Waals surface area contributed by atoms with E-state index in [0.717, 1.165) is 0 Å². The maximum absolute atomic E-state index is 13.0. The van der Waals surface area contributed by atoms with Crippen molar-refractivity contribution >= 4 is 11.6 Å². The normalized spacial score (nSPS) is 27.7. The molecule has 28 heavy (non-hydrogen) atoms. The molecule has 3 rings (SSSR count). The van der Waals surface area contributed by atoms with E-state index >= 15 is 0 Å². The molecule has 2 aliphatic carbocycles. The van der Waals surface area contributed by atoms with Gasteiger partial charge in [0, 0.05) is 36.8 Å². The molecule has 1 aliphatic heterocycles. The standard InChI is InChI=1S/C21H30O7/c1-20(2)5-10(23)15-13(7-20)28-14-8-21(3,4)6-11(24)16(14)17(15)19(27)18(26)12(25)9-22/h12,17-19,22,25-27H,5-9H2,1-4H3/t12-,18-,19+/m1/s1. The van der Waals surface area contributed by atoms with E-state index in [1.807, 2.05) is 27.7 Å². The molecule has 0 saturated heterocycles. The molecule has 156 valence electrons. The van der Waals surface area contributed by atoms with E-state index in [1.165, 1.54) is 0 Å². The number of hydrogen-bond donors (Lipinski definition) is 4. The Bertz CT molecular complexity index is 707. The molecular weight excluding hydrogens is 364 g/mol. The average molecular weight is 394 g/mol. The lowest BCUT2D eigenvalue weighted by Crippen LogP contribution is -2.49. The van der Waals surface area contributed by atoms with Gasteiger partial charge in [0.2, 0.25) is 0 Å². The summed E-state index contributed by atoms with van der Waals surface area (Å²) in [7, 11) is 0. The average Bonchev–Trinajstić information content (AvgIpc) is 2.55. The Morgan fingerprint density at radius 2 is 1.32 bits per heavy atom. The van der Waals surface area contributed by atoms with Gasteiger partial charge in [-0.2, -0.15) is 0 Å². The van der Waals surface area contributed by atoms with Gasteiger partial charge in [0.1, 0.15) is 23.7 Å². The van der Waals surface area contributed by atoms with E-state index in [1.54, 1.807) is 0 Å². The van der Waals surface area contributed by atoms with Crippen molar-refractivity contribution in [1.82, 2.24) is 0 Å². The molecule has 0 fully saturated rings. The van der Waals surface area contributed by atoms with Gasteiger partial charge in [-0.25, -0.2) is 0 Å². The maximum atomic E-state index is 13.0. The minimum absolute atomic E-state index is 0.211. The minimum atomic E-state index is -1.71. The second-order valence-corrected chi connectivity index (χ2v) is 9.87. The third-order valence-electron chi connectivity index (χ3n) is 5.90. The first-order chi connectivity index (χ1) is 12.9. The molecule has 0 spiro atoms. The van der Waals surface area contributed by atoms with Crippen LogP contribution >= 0.6 is 0 Å². The zero-order valence-electron chi connectivity index (χ0n) is 16.9. The van der Waals surface area contributed by atoms with E-state index in [2.05, 4.69) is 0 Å². The van der Waals surface area contributed by atoms with Crippen molar-refractivity contribution in [2.75, 3.05) is 6.61 Å². The molecule has 0 bridgehead atoms. The molecule has 0 saturated carbocycles. The second-order valence-electron chi connectivity index (χ2n) is 9.87. The van der Waals surface area contributed by atoms with E-state index in [4.69, 9.17) is 9.84 Å². The first kappa shape index (κ1) is 21.2. The summed E-state index contributed by atoms with van der Waals surface area (Å²) in [5.74, 6) is -0.669. The fourth-order valence-electron chi connectivity index (χ4n) is 4.60. The van der Waals surface area contributed by atoms with E-state index in [0.29, 0.717) is 24.4 Å². The van der Waals surface area contributed by atoms with Crippen molar-refractivity contribution in [3.8, 4) is 0 Å². The third kappa shape index (κ3) is 3.68.